The third-order valence-electron chi connectivity index (χ3n) is 4.31. The fraction of sp³-hybridized carbons (Fsp3) is 0.611. The van der Waals surface area contributed by atoms with Crippen LogP contribution in [0.1, 0.15) is 25.8 Å². The number of hydrogen-bond donors (Lipinski definition) is 1. The van der Waals surface area contributed by atoms with E-state index in [2.05, 4.69) is 29.1 Å². The molecule has 2 atom stereocenters. The Balaban J connectivity index is 2.03. The van der Waals surface area contributed by atoms with Crippen molar-refractivity contribution in [2.75, 3.05) is 34.4 Å². The van der Waals surface area contributed by atoms with E-state index in [-0.39, 0.29) is 0 Å². The van der Waals surface area contributed by atoms with Gasteiger partial charge in [0, 0.05) is 38.3 Å². The summed E-state index contributed by atoms with van der Waals surface area (Å²) in [5.41, 5.74) is 1.09. The molecule has 5 heteroatoms. The van der Waals surface area contributed by atoms with Gasteiger partial charge in [0.05, 0.1) is 14.2 Å². The smallest absolute Gasteiger partial charge is 0.193 e. The first kappa shape index (κ1) is 17.4. The lowest BCUT2D eigenvalue weighted by Gasteiger charge is -2.37. The molecule has 0 amide bonds. The highest BCUT2D eigenvalue weighted by Crippen LogP contribution is 2.25. The molecule has 23 heavy (non-hydrogen) atoms. The van der Waals surface area contributed by atoms with E-state index in [4.69, 9.17) is 9.47 Å². The van der Waals surface area contributed by atoms with Crippen molar-refractivity contribution in [1.82, 2.24) is 10.2 Å². The van der Waals surface area contributed by atoms with E-state index >= 15 is 0 Å². The summed E-state index contributed by atoms with van der Waals surface area (Å²) in [4.78, 5) is 6.81. The van der Waals surface area contributed by atoms with E-state index in [1.165, 1.54) is 6.42 Å². The molecule has 1 heterocycles. The molecule has 128 valence electrons. The van der Waals surface area contributed by atoms with Crippen LogP contribution < -0.4 is 14.8 Å². The molecule has 0 aromatic heterocycles. The van der Waals surface area contributed by atoms with Gasteiger partial charge in [-0.15, -0.1) is 0 Å². The molecule has 0 spiro atoms. The topological polar surface area (TPSA) is 46.1 Å². The lowest BCUT2D eigenvalue weighted by atomic mass is 9.92. The first-order valence-corrected chi connectivity index (χ1v) is 8.23. The van der Waals surface area contributed by atoms with Gasteiger partial charge in [-0.3, -0.25) is 4.99 Å². The minimum Gasteiger partial charge on any atom is -0.497 e. The summed E-state index contributed by atoms with van der Waals surface area (Å²) in [5, 5.41) is 3.46. The Bertz CT molecular complexity index is 535. The number of guanidine groups is 1. The quantitative estimate of drug-likeness (QED) is 0.685. The van der Waals surface area contributed by atoms with Gasteiger partial charge in [-0.05, 0) is 30.4 Å². The maximum atomic E-state index is 5.46. The van der Waals surface area contributed by atoms with Crippen LogP contribution in [0.25, 0.3) is 0 Å². The van der Waals surface area contributed by atoms with Crippen molar-refractivity contribution in [2.24, 2.45) is 16.8 Å². The third kappa shape index (κ3) is 4.53. The second kappa shape index (κ2) is 8.09. The van der Waals surface area contributed by atoms with Crippen molar-refractivity contribution >= 4 is 5.96 Å². The average molecular weight is 319 g/mol. The molecule has 0 bridgehead atoms. The van der Waals surface area contributed by atoms with Gasteiger partial charge in [-0.1, -0.05) is 13.8 Å². The van der Waals surface area contributed by atoms with E-state index < -0.39 is 0 Å². The second-order valence-corrected chi connectivity index (χ2v) is 6.43. The van der Waals surface area contributed by atoms with E-state index in [1.54, 1.807) is 14.2 Å². The van der Waals surface area contributed by atoms with Crippen LogP contribution in [0.4, 0.5) is 0 Å². The third-order valence-corrected chi connectivity index (χ3v) is 4.31. The Morgan fingerprint density at radius 2 is 1.91 bits per heavy atom. The minimum absolute atomic E-state index is 0.680. The number of likely N-dealkylation sites (tertiary alicyclic amines) is 1. The molecule has 1 aliphatic rings. The molecule has 1 saturated heterocycles. The number of ether oxygens (including phenoxy) is 2. The molecule has 0 aliphatic carbocycles. The standard InChI is InChI=1S/C18H29N3O2/c1-13-8-14(2)12-21(11-13)18(19-3)20-10-15-6-7-16(22-4)9-17(15)23-5/h6-7,9,13-14H,8,10-12H2,1-5H3,(H,19,20). The lowest BCUT2D eigenvalue weighted by Crippen LogP contribution is -2.48. The Kier molecular flexibility index (Phi) is 6.13. The van der Waals surface area contributed by atoms with Crippen molar-refractivity contribution in [3.63, 3.8) is 0 Å². The normalized spacial score (nSPS) is 22.0. The van der Waals surface area contributed by atoms with Gasteiger partial charge in [-0.2, -0.15) is 0 Å². The molecular weight excluding hydrogens is 290 g/mol. The molecule has 0 saturated carbocycles. The van der Waals surface area contributed by atoms with Crippen LogP contribution in [0.2, 0.25) is 0 Å². The van der Waals surface area contributed by atoms with Crippen LogP contribution in [0, 0.1) is 11.8 Å². The van der Waals surface area contributed by atoms with Crippen molar-refractivity contribution < 1.29 is 9.47 Å². The SMILES string of the molecule is CN=C(NCc1ccc(OC)cc1OC)N1CC(C)CC(C)C1. The molecule has 2 rings (SSSR count). The summed E-state index contributed by atoms with van der Waals surface area (Å²) in [6.07, 6.45) is 1.29. The summed E-state index contributed by atoms with van der Waals surface area (Å²) in [6.45, 7) is 7.41. The molecule has 1 aromatic carbocycles. The highest BCUT2D eigenvalue weighted by Gasteiger charge is 2.24. The summed E-state index contributed by atoms with van der Waals surface area (Å²) in [7, 11) is 5.19. The van der Waals surface area contributed by atoms with Gasteiger partial charge in [0.25, 0.3) is 0 Å². The number of piperidine rings is 1. The van der Waals surface area contributed by atoms with Crippen LogP contribution in [0.15, 0.2) is 23.2 Å². The summed E-state index contributed by atoms with van der Waals surface area (Å²) < 4.78 is 10.7. The number of benzene rings is 1. The van der Waals surface area contributed by atoms with Crippen LogP contribution >= 0.6 is 0 Å². The predicted octanol–water partition coefficient (Wildman–Crippen LogP) is 2.76. The monoisotopic (exact) mass is 319 g/mol. The van der Waals surface area contributed by atoms with E-state index in [9.17, 15) is 0 Å². The van der Waals surface area contributed by atoms with Gasteiger partial charge in [0.1, 0.15) is 11.5 Å². The average Bonchev–Trinajstić information content (AvgIpc) is 2.54. The van der Waals surface area contributed by atoms with Crippen LogP contribution in [-0.2, 0) is 6.54 Å². The summed E-state index contributed by atoms with van der Waals surface area (Å²) >= 11 is 0. The molecule has 2 unspecified atom stereocenters. The van der Waals surface area contributed by atoms with Gasteiger partial charge in [-0.25, -0.2) is 0 Å². The first-order valence-electron chi connectivity index (χ1n) is 8.23. The van der Waals surface area contributed by atoms with Crippen LogP contribution in [0.3, 0.4) is 0 Å². The largest absolute Gasteiger partial charge is 0.497 e. The van der Waals surface area contributed by atoms with Crippen molar-refractivity contribution in [3.05, 3.63) is 23.8 Å². The molecule has 1 N–H and O–H groups in total. The van der Waals surface area contributed by atoms with Gasteiger partial charge in [0.2, 0.25) is 0 Å². The molecule has 1 fully saturated rings. The van der Waals surface area contributed by atoms with E-state index in [0.717, 1.165) is 36.1 Å². The summed E-state index contributed by atoms with van der Waals surface area (Å²) in [5.74, 6) is 3.99. The Labute approximate surface area is 139 Å². The number of hydrogen-bond acceptors (Lipinski definition) is 3. The number of aliphatic imine (C=N–C) groups is 1. The molecule has 1 aliphatic heterocycles. The highest BCUT2D eigenvalue weighted by atomic mass is 16.5. The zero-order valence-electron chi connectivity index (χ0n) is 14.9. The molecule has 5 nitrogen and oxygen atoms in total. The van der Waals surface area contributed by atoms with Crippen molar-refractivity contribution in [1.29, 1.82) is 0 Å². The van der Waals surface area contributed by atoms with Crippen LogP contribution in [0.5, 0.6) is 11.5 Å². The fourth-order valence-electron chi connectivity index (χ4n) is 3.34. The zero-order valence-corrected chi connectivity index (χ0v) is 14.9. The predicted molar refractivity (Wildman–Crippen MR) is 94.3 cm³/mol. The lowest BCUT2D eigenvalue weighted by molar-refractivity contribution is 0.208. The van der Waals surface area contributed by atoms with Gasteiger partial charge in [0.15, 0.2) is 5.96 Å². The Morgan fingerprint density at radius 1 is 1.22 bits per heavy atom. The Hall–Kier alpha value is -1.91. The number of nitrogens with one attached hydrogen (secondary N) is 1. The first-order chi connectivity index (χ1) is 11.1. The second-order valence-electron chi connectivity index (χ2n) is 6.43. The maximum Gasteiger partial charge on any atom is 0.193 e. The van der Waals surface area contributed by atoms with E-state index in [0.29, 0.717) is 18.4 Å². The number of rotatable bonds is 4. The molecule has 1 aromatic rings. The fourth-order valence-corrected chi connectivity index (χ4v) is 3.34. The van der Waals surface area contributed by atoms with Crippen LogP contribution in [-0.4, -0.2) is 45.2 Å². The zero-order chi connectivity index (χ0) is 16.8. The minimum atomic E-state index is 0.680. The Morgan fingerprint density at radius 3 is 2.48 bits per heavy atom. The van der Waals surface area contributed by atoms with Crippen molar-refractivity contribution in [3.8, 4) is 11.5 Å². The molecule has 0 radical (unpaired) electrons. The number of nitrogens with zero attached hydrogens (tertiary/aromatic N) is 2. The van der Waals surface area contributed by atoms with E-state index in [1.807, 2.05) is 25.2 Å². The maximum absolute atomic E-state index is 5.46. The van der Waals surface area contributed by atoms with Gasteiger partial charge >= 0.3 is 0 Å². The van der Waals surface area contributed by atoms with Crippen molar-refractivity contribution in [2.45, 2.75) is 26.8 Å². The summed E-state index contributed by atoms with van der Waals surface area (Å²) in [6, 6.07) is 5.89. The van der Waals surface area contributed by atoms with Gasteiger partial charge < -0.3 is 19.7 Å². The number of methoxy groups -OCH3 is 2. The molecular formula is C18H29N3O2. The highest BCUT2D eigenvalue weighted by molar-refractivity contribution is 5.80.